The molecule has 1 atom stereocenters. The summed E-state index contributed by atoms with van der Waals surface area (Å²) < 4.78 is 12.8. The Morgan fingerprint density at radius 3 is 1.72 bits per heavy atom. The summed E-state index contributed by atoms with van der Waals surface area (Å²) in [5, 5.41) is 0. The van der Waals surface area contributed by atoms with Gasteiger partial charge in [-0.15, -0.1) is 0 Å². The molecule has 1 unspecified atom stereocenters. The van der Waals surface area contributed by atoms with Crippen LogP contribution in [-0.4, -0.2) is 23.4 Å². The minimum absolute atomic E-state index is 0.134. The second kappa shape index (κ2) is 3.96. The van der Waals surface area contributed by atoms with Crippen LogP contribution in [0.1, 0.15) is 77.0 Å². The summed E-state index contributed by atoms with van der Waals surface area (Å²) in [5.41, 5.74) is 0.630. The molecule has 102 valence electrons. The Hall–Kier alpha value is -0.0800. The Bertz CT molecular complexity index is 316. The predicted octanol–water partition coefficient (Wildman–Crippen LogP) is 3.97. The van der Waals surface area contributed by atoms with E-state index in [2.05, 4.69) is 0 Å². The molecule has 3 spiro atoms. The van der Waals surface area contributed by atoms with Gasteiger partial charge in [0.1, 0.15) is 0 Å². The first-order valence-corrected chi connectivity index (χ1v) is 8.08. The third-order valence-corrected chi connectivity index (χ3v) is 5.89. The molecule has 0 aromatic carbocycles. The Balaban J connectivity index is 1.42. The fraction of sp³-hybridized carbons (Fsp3) is 1.00. The highest BCUT2D eigenvalue weighted by Crippen LogP contribution is 2.57. The van der Waals surface area contributed by atoms with Gasteiger partial charge in [-0.1, -0.05) is 38.5 Å². The van der Waals surface area contributed by atoms with Crippen molar-refractivity contribution < 1.29 is 9.47 Å². The first-order chi connectivity index (χ1) is 8.74. The summed E-state index contributed by atoms with van der Waals surface area (Å²) in [6.07, 6.45) is 16.0. The van der Waals surface area contributed by atoms with Crippen LogP contribution in [0.2, 0.25) is 0 Å². The second-order valence-electron chi connectivity index (χ2n) is 7.41. The van der Waals surface area contributed by atoms with Gasteiger partial charge in [-0.05, 0) is 25.7 Å². The summed E-state index contributed by atoms with van der Waals surface area (Å²) in [4.78, 5) is 0. The fourth-order valence-corrected chi connectivity index (χ4v) is 5.18. The van der Waals surface area contributed by atoms with E-state index in [4.69, 9.17) is 9.47 Å². The molecule has 2 saturated heterocycles. The van der Waals surface area contributed by atoms with Crippen LogP contribution in [0, 0.1) is 0 Å². The Morgan fingerprint density at radius 2 is 1.11 bits per heavy atom. The highest BCUT2D eigenvalue weighted by atomic mass is 16.6. The molecule has 4 rings (SSSR count). The maximum Gasteiger partial charge on any atom is 0.0977 e. The lowest BCUT2D eigenvalue weighted by Gasteiger charge is -2.56. The summed E-state index contributed by atoms with van der Waals surface area (Å²) in [5.74, 6) is 0. The molecule has 2 heteroatoms. The van der Waals surface area contributed by atoms with Gasteiger partial charge in [0.15, 0.2) is 0 Å². The van der Waals surface area contributed by atoms with Gasteiger partial charge in [-0.3, -0.25) is 0 Å². The van der Waals surface area contributed by atoms with E-state index < -0.39 is 0 Å². The van der Waals surface area contributed by atoms with Crippen molar-refractivity contribution in [2.75, 3.05) is 6.61 Å². The van der Waals surface area contributed by atoms with Crippen LogP contribution in [0.15, 0.2) is 0 Å². The molecule has 0 aromatic heterocycles. The molecular formula is C16H26O2. The largest absolute Gasteiger partial charge is 0.372 e. The van der Waals surface area contributed by atoms with Gasteiger partial charge in [0, 0.05) is 12.8 Å². The van der Waals surface area contributed by atoms with Gasteiger partial charge in [-0.25, -0.2) is 0 Å². The van der Waals surface area contributed by atoms with E-state index in [1.165, 1.54) is 77.0 Å². The highest BCUT2D eigenvalue weighted by Gasteiger charge is 2.62. The van der Waals surface area contributed by atoms with Gasteiger partial charge in [0.2, 0.25) is 0 Å². The van der Waals surface area contributed by atoms with Crippen molar-refractivity contribution in [3.8, 4) is 0 Å². The molecular weight excluding hydrogens is 224 g/mol. The van der Waals surface area contributed by atoms with Crippen LogP contribution in [0.5, 0.6) is 0 Å². The van der Waals surface area contributed by atoms with Crippen molar-refractivity contribution in [2.24, 2.45) is 0 Å². The quantitative estimate of drug-likeness (QED) is 0.647. The molecule has 4 aliphatic rings. The first-order valence-electron chi connectivity index (χ1n) is 8.08. The predicted molar refractivity (Wildman–Crippen MR) is 70.6 cm³/mol. The van der Waals surface area contributed by atoms with Crippen LogP contribution in [-0.2, 0) is 9.47 Å². The normalized spacial score (nSPS) is 41.3. The fourth-order valence-electron chi connectivity index (χ4n) is 5.18. The van der Waals surface area contributed by atoms with Crippen molar-refractivity contribution in [2.45, 2.75) is 93.9 Å². The van der Waals surface area contributed by atoms with Crippen molar-refractivity contribution in [3.63, 3.8) is 0 Å². The minimum atomic E-state index is 0.134. The summed E-state index contributed by atoms with van der Waals surface area (Å²) in [6.45, 7) is 0.884. The number of hydrogen-bond acceptors (Lipinski definition) is 2. The minimum Gasteiger partial charge on any atom is -0.372 e. The first kappa shape index (κ1) is 11.7. The lowest BCUT2D eigenvalue weighted by Crippen LogP contribution is -2.61. The molecule has 0 aromatic rings. The number of hydrogen-bond donors (Lipinski definition) is 0. The zero-order valence-electron chi connectivity index (χ0n) is 11.5. The zero-order valence-corrected chi connectivity index (χ0v) is 11.5. The monoisotopic (exact) mass is 250 g/mol. The number of rotatable bonds is 0. The molecule has 2 aliphatic carbocycles. The molecule has 2 saturated carbocycles. The third kappa shape index (κ3) is 1.76. The molecule has 2 heterocycles. The maximum absolute atomic E-state index is 6.52. The van der Waals surface area contributed by atoms with Crippen LogP contribution in [0.4, 0.5) is 0 Å². The van der Waals surface area contributed by atoms with E-state index in [0.717, 1.165) is 6.61 Å². The maximum atomic E-state index is 6.52. The van der Waals surface area contributed by atoms with E-state index in [-0.39, 0.29) is 16.8 Å². The SMILES string of the molecule is C1CCC2(CC1)CC1(CO2)CC2(CCCCC2)O1. The second-order valence-corrected chi connectivity index (χ2v) is 7.41. The van der Waals surface area contributed by atoms with E-state index in [1.54, 1.807) is 0 Å². The van der Waals surface area contributed by atoms with Gasteiger partial charge >= 0.3 is 0 Å². The average molecular weight is 250 g/mol. The lowest BCUT2D eigenvalue weighted by molar-refractivity contribution is -0.281. The van der Waals surface area contributed by atoms with Crippen LogP contribution >= 0.6 is 0 Å². The smallest absolute Gasteiger partial charge is 0.0977 e. The molecule has 4 fully saturated rings. The Labute approximate surface area is 110 Å². The average Bonchev–Trinajstić information content (AvgIpc) is 2.70. The molecule has 2 nitrogen and oxygen atoms in total. The standard InChI is InChI=1S/C16H26O2/c1-3-7-14(8-4-1)11-16(13-17-14)12-15(18-16)9-5-2-6-10-15/h1-13H2. The topological polar surface area (TPSA) is 18.5 Å². The van der Waals surface area contributed by atoms with Crippen LogP contribution in [0.3, 0.4) is 0 Å². The lowest BCUT2D eigenvalue weighted by atomic mass is 9.68. The van der Waals surface area contributed by atoms with Gasteiger partial charge in [0.05, 0.1) is 23.4 Å². The van der Waals surface area contributed by atoms with E-state index in [0.29, 0.717) is 0 Å². The molecule has 0 N–H and O–H groups in total. The van der Waals surface area contributed by atoms with E-state index in [1.807, 2.05) is 0 Å². The highest BCUT2D eigenvalue weighted by molar-refractivity contribution is 5.11. The van der Waals surface area contributed by atoms with Gasteiger partial charge in [-0.2, -0.15) is 0 Å². The van der Waals surface area contributed by atoms with Gasteiger partial charge in [0.25, 0.3) is 0 Å². The molecule has 0 radical (unpaired) electrons. The van der Waals surface area contributed by atoms with Crippen LogP contribution < -0.4 is 0 Å². The van der Waals surface area contributed by atoms with Crippen molar-refractivity contribution in [3.05, 3.63) is 0 Å². The van der Waals surface area contributed by atoms with Crippen molar-refractivity contribution >= 4 is 0 Å². The van der Waals surface area contributed by atoms with Crippen molar-refractivity contribution in [1.82, 2.24) is 0 Å². The molecule has 0 bridgehead atoms. The van der Waals surface area contributed by atoms with E-state index in [9.17, 15) is 0 Å². The third-order valence-electron chi connectivity index (χ3n) is 5.89. The van der Waals surface area contributed by atoms with Gasteiger partial charge < -0.3 is 9.47 Å². The zero-order chi connectivity index (χ0) is 12.1. The molecule has 18 heavy (non-hydrogen) atoms. The summed E-state index contributed by atoms with van der Waals surface area (Å²) in [7, 11) is 0. The molecule has 0 amide bonds. The number of ether oxygens (including phenoxy) is 2. The Kier molecular flexibility index (Phi) is 2.58. The van der Waals surface area contributed by atoms with E-state index >= 15 is 0 Å². The summed E-state index contributed by atoms with van der Waals surface area (Å²) >= 11 is 0. The Morgan fingerprint density at radius 1 is 0.556 bits per heavy atom. The molecule has 2 aliphatic heterocycles. The van der Waals surface area contributed by atoms with Crippen LogP contribution in [0.25, 0.3) is 0 Å². The van der Waals surface area contributed by atoms with Crippen molar-refractivity contribution in [1.29, 1.82) is 0 Å². The summed E-state index contributed by atoms with van der Waals surface area (Å²) in [6, 6.07) is 0.